The molecular formula is C16H21NO5S. The summed E-state index contributed by atoms with van der Waals surface area (Å²) in [6.07, 6.45) is 0.757. The van der Waals surface area contributed by atoms with E-state index in [2.05, 4.69) is 5.32 Å². The summed E-state index contributed by atoms with van der Waals surface area (Å²) >= 11 is 0. The van der Waals surface area contributed by atoms with Crippen molar-refractivity contribution in [1.82, 2.24) is 5.32 Å². The van der Waals surface area contributed by atoms with E-state index in [9.17, 15) is 18.0 Å². The van der Waals surface area contributed by atoms with E-state index in [1.807, 2.05) is 0 Å². The van der Waals surface area contributed by atoms with Crippen molar-refractivity contribution in [2.24, 2.45) is 0 Å². The molecule has 7 heteroatoms. The van der Waals surface area contributed by atoms with Crippen molar-refractivity contribution in [3.8, 4) is 0 Å². The Balaban J connectivity index is 2.35. The number of rotatable bonds is 4. The lowest BCUT2D eigenvalue weighted by atomic mass is 10.1. The Hall–Kier alpha value is -1.89. The Morgan fingerprint density at radius 1 is 1.26 bits per heavy atom. The van der Waals surface area contributed by atoms with Gasteiger partial charge in [0.05, 0.1) is 0 Å². The smallest absolute Gasteiger partial charge is 0.408 e. The van der Waals surface area contributed by atoms with Crippen LogP contribution in [0.4, 0.5) is 4.79 Å². The zero-order valence-electron chi connectivity index (χ0n) is 13.6. The lowest BCUT2D eigenvalue weighted by Crippen LogP contribution is -2.45. The molecule has 3 unspecified atom stereocenters. The Morgan fingerprint density at radius 3 is 2.26 bits per heavy atom. The number of carbonyl (C=O) groups is 2. The van der Waals surface area contributed by atoms with Crippen molar-refractivity contribution in [2.45, 2.75) is 43.1 Å². The first-order valence-electron chi connectivity index (χ1n) is 7.22. The molecule has 1 aliphatic rings. The highest BCUT2D eigenvalue weighted by Crippen LogP contribution is 2.54. The van der Waals surface area contributed by atoms with Crippen molar-refractivity contribution in [2.75, 3.05) is 6.26 Å². The fourth-order valence-corrected chi connectivity index (χ4v) is 4.65. The molecule has 6 nitrogen and oxygen atoms in total. The van der Waals surface area contributed by atoms with E-state index in [0.29, 0.717) is 11.8 Å². The van der Waals surface area contributed by atoms with Crippen LogP contribution < -0.4 is 5.32 Å². The van der Waals surface area contributed by atoms with Crippen LogP contribution in [0.3, 0.4) is 0 Å². The Labute approximate surface area is 136 Å². The van der Waals surface area contributed by atoms with Crippen molar-refractivity contribution < 1.29 is 22.7 Å². The molecular weight excluding hydrogens is 318 g/mol. The molecule has 0 radical (unpaired) electrons. The van der Waals surface area contributed by atoms with Crippen LogP contribution in [-0.4, -0.2) is 43.4 Å². The van der Waals surface area contributed by atoms with Gasteiger partial charge in [0.2, 0.25) is 0 Å². The molecule has 2 rings (SSSR count). The van der Waals surface area contributed by atoms with Gasteiger partial charge >= 0.3 is 6.09 Å². The van der Waals surface area contributed by atoms with Crippen molar-refractivity contribution in [3.05, 3.63) is 35.9 Å². The number of amides is 1. The van der Waals surface area contributed by atoms with E-state index < -0.39 is 38.2 Å². The van der Waals surface area contributed by atoms with E-state index in [0.717, 1.165) is 6.26 Å². The third kappa shape index (κ3) is 3.55. The zero-order chi connectivity index (χ0) is 17.5. The quantitative estimate of drug-likeness (QED) is 0.843. The van der Waals surface area contributed by atoms with Gasteiger partial charge in [0.15, 0.2) is 9.84 Å². The standard InChI is InChI=1S/C16H21NO5S/c1-15(2,3)22-14(19)17-16(10-18)12(13(16)23(4,20)21)11-8-6-5-7-9-11/h5-10,12-13H,1-4H3,(H,17,19). The molecule has 1 aromatic rings. The van der Waals surface area contributed by atoms with Crippen molar-refractivity contribution in [1.29, 1.82) is 0 Å². The molecule has 0 bridgehead atoms. The van der Waals surface area contributed by atoms with E-state index in [4.69, 9.17) is 4.74 Å². The largest absolute Gasteiger partial charge is 0.444 e. The molecule has 0 spiro atoms. The van der Waals surface area contributed by atoms with Crippen LogP contribution in [0, 0.1) is 0 Å². The molecule has 1 amide bonds. The minimum absolute atomic E-state index is 0.500. The van der Waals surface area contributed by atoms with Crippen molar-refractivity contribution >= 4 is 22.2 Å². The maximum absolute atomic E-state index is 12.1. The van der Waals surface area contributed by atoms with Gasteiger partial charge in [-0.15, -0.1) is 0 Å². The summed E-state index contributed by atoms with van der Waals surface area (Å²) < 4.78 is 29.3. The topological polar surface area (TPSA) is 89.5 Å². The molecule has 1 fully saturated rings. The lowest BCUT2D eigenvalue weighted by Gasteiger charge is -2.22. The summed E-state index contributed by atoms with van der Waals surface area (Å²) in [7, 11) is -3.54. The first kappa shape index (κ1) is 17.5. The first-order valence-corrected chi connectivity index (χ1v) is 9.18. The average Bonchev–Trinajstić information content (AvgIpc) is 3.06. The fraction of sp³-hybridized carbons (Fsp3) is 0.500. The summed E-state index contributed by atoms with van der Waals surface area (Å²) in [6.45, 7) is 5.07. The van der Waals surface area contributed by atoms with Crippen LogP contribution in [0.25, 0.3) is 0 Å². The molecule has 1 aliphatic carbocycles. The van der Waals surface area contributed by atoms with E-state index >= 15 is 0 Å². The van der Waals surface area contributed by atoms with Gasteiger partial charge < -0.3 is 14.8 Å². The summed E-state index contributed by atoms with van der Waals surface area (Å²) in [4.78, 5) is 23.7. The van der Waals surface area contributed by atoms with Crippen LogP contribution in [0.5, 0.6) is 0 Å². The highest BCUT2D eigenvalue weighted by atomic mass is 32.2. The van der Waals surface area contributed by atoms with Crippen LogP contribution in [0.15, 0.2) is 30.3 Å². The number of sulfone groups is 1. The number of carbonyl (C=O) groups excluding carboxylic acids is 2. The third-order valence-corrected chi connectivity index (χ3v) is 5.30. The molecule has 1 saturated carbocycles. The minimum atomic E-state index is -3.54. The van der Waals surface area contributed by atoms with Crippen molar-refractivity contribution in [3.63, 3.8) is 0 Å². The SMILES string of the molecule is CC(C)(C)OC(=O)NC1(C=O)C(c2ccccc2)C1S(C)(=O)=O. The Morgan fingerprint density at radius 2 is 1.83 bits per heavy atom. The van der Waals surface area contributed by atoms with Gasteiger partial charge in [0.25, 0.3) is 0 Å². The second kappa shape index (κ2) is 5.63. The zero-order valence-corrected chi connectivity index (χ0v) is 14.4. The summed E-state index contributed by atoms with van der Waals surface area (Å²) in [5, 5.41) is 1.47. The monoisotopic (exact) mass is 339 g/mol. The number of hydrogen-bond donors (Lipinski definition) is 1. The molecule has 23 heavy (non-hydrogen) atoms. The maximum atomic E-state index is 12.1. The number of hydrogen-bond acceptors (Lipinski definition) is 5. The van der Waals surface area contributed by atoms with Crippen LogP contribution >= 0.6 is 0 Å². The molecule has 126 valence electrons. The van der Waals surface area contributed by atoms with E-state index in [1.165, 1.54) is 0 Å². The predicted molar refractivity (Wildman–Crippen MR) is 86.0 cm³/mol. The van der Waals surface area contributed by atoms with E-state index in [-0.39, 0.29) is 0 Å². The number of nitrogens with one attached hydrogen (secondary N) is 1. The van der Waals surface area contributed by atoms with Gasteiger partial charge in [0.1, 0.15) is 22.7 Å². The second-order valence-electron chi connectivity index (χ2n) is 6.82. The van der Waals surface area contributed by atoms with Gasteiger partial charge in [-0.3, -0.25) is 0 Å². The number of aldehydes is 1. The van der Waals surface area contributed by atoms with Gasteiger partial charge in [0, 0.05) is 12.2 Å². The number of benzene rings is 1. The van der Waals surface area contributed by atoms with Gasteiger partial charge in [-0.05, 0) is 26.3 Å². The first-order chi connectivity index (χ1) is 10.5. The molecule has 0 saturated heterocycles. The molecule has 3 atom stereocenters. The fourth-order valence-electron chi connectivity index (χ4n) is 2.89. The molecule has 0 heterocycles. The van der Waals surface area contributed by atoms with Crippen LogP contribution in [-0.2, 0) is 19.4 Å². The molecule has 1 N–H and O–H groups in total. The Kier molecular flexibility index (Phi) is 4.28. The van der Waals surface area contributed by atoms with Crippen LogP contribution in [0.1, 0.15) is 32.3 Å². The average molecular weight is 339 g/mol. The lowest BCUT2D eigenvalue weighted by molar-refractivity contribution is -0.110. The highest BCUT2D eigenvalue weighted by molar-refractivity contribution is 7.91. The van der Waals surface area contributed by atoms with Gasteiger partial charge in [-0.1, -0.05) is 30.3 Å². The maximum Gasteiger partial charge on any atom is 0.408 e. The normalized spacial score (nSPS) is 27.1. The summed E-state index contributed by atoms with van der Waals surface area (Å²) in [5.41, 5.74) is -1.55. The van der Waals surface area contributed by atoms with Crippen LogP contribution in [0.2, 0.25) is 0 Å². The number of alkyl carbamates (subject to hydrolysis) is 1. The molecule has 0 aliphatic heterocycles. The third-order valence-electron chi connectivity index (χ3n) is 3.71. The minimum Gasteiger partial charge on any atom is -0.444 e. The Bertz CT molecular complexity index is 708. The predicted octanol–water partition coefficient (Wildman–Crippen LogP) is 1.66. The summed E-state index contributed by atoms with van der Waals surface area (Å²) in [5.74, 6) is -0.622. The van der Waals surface area contributed by atoms with Gasteiger partial charge in [-0.2, -0.15) is 0 Å². The number of ether oxygens (including phenoxy) is 1. The summed E-state index contributed by atoms with van der Waals surface area (Å²) in [6, 6.07) is 8.80. The van der Waals surface area contributed by atoms with E-state index in [1.54, 1.807) is 51.1 Å². The second-order valence-corrected chi connectivity index (χ2v) is 8.98. The molecule has 0 aromatic heterocycles. The highest BCUT2D eigenvalue weighted by Gasteiger charge is 2.71. The molecule has 1 aromatic carbocycles. The van der Waals surface area contributed by atoms with Gasteiger partial charge in [-0.25, -0.2) is 13.2 Å².